The maximum Gasteiger partial charge on any atom is 0.397 e. The van der Waals surface area contributed by atoms with Gasteiger partial charge in [-0.1, -0.05) is 5.16 Å². The number of ether oxygens (including phenoxy) is 1. The lowest BCUT2D eigenvalue weighted by Crippen LogP contribution is -2.04. The largest absolute Gasteiger partial charge is 0.459 e. The number of aromatic nitrogens is 2. The quantitative estimate of drug-likeness (QED) is 0.633. The molecule has 1 aromatic heterocycles. The van der Waals surface area contributed by atoms with Crippen molar-refractivity contribution in [3.8, 4) is 11.4 Å². The highest BCUT2D eigenvalue weighted by Gasteiger charge is 2.19. The van der Waals surface area contributed by atoms with Crippen molar-refractivity contribution in [1.29, 1.82) is 0 Å². The van der Waals surface area contributed by atoms with Crippen LogP contribution in [-0.2, 0) is 4.74 Å². The first-order chi connectivity index (χ1) is 9.02. The molecule has 100 valence electrons. The summed E-state index contributed by atoms with van der Waals surface area (Å²) >= 11 is 0. The molecule has 8 heteroatoms. The first kappa shape index (κ1) is 13.1. The van der Waals surface area contributed by atoms with Gasteiger partial charge in [0.05, 0.1) is 6.61 Å². The summed E-state index contributed by atoms with van der Waals surface area (Å²) in [5, 5.41) is 3.36. The van der Waals surface area contributed by atoms with E-state index in [2.05, 4.69) is 19.4 Å². The van der Waals surface area contributed by atoms with Crippen molar-refractivity contribution in [3.63, 3.8) is 0 Å². The number of hydrogen-bond donors (Lipinski definition) is 0. The van der Waals surface area contributed by atoms with Gasteiger partial charge < -0.3 is 9.26 Å². The van der Waals surface area contributed by atoms with E-state index in [9.17, 15) is 18.0 Å². The summed E-state index contributed by atoms with van der Waals surface area (Å²) < 4.78 is 48.0. The molecule has 0 aliphatic carbocycles. The zero-order chi connectivity index (χ0) is 14.0. The van der Waals surface area contributed by atoms with Crippen LogP contribution in [0.15, 0.2) is 16.7 Å². The van der Waals surface area contributed by atoms with Gasteiger partial charge in [0, 0.05) is 5.56 Å². The topological polar surface area (TPSA) is 65.2 Å². The molecule has 0 aliphatic heterocycles. The SMILES string of the molecule is CCOC(=O)c1nc(-c2cc(F)c(F)c(F)c2)no1. The summed E-state index contributed by atoms with van der Waals surface area (Å²) in [5.41, 5.74) is -0.157. The molecule has 0 N–H and O–H groups in total. The second-order valence-electron chi connectivity index (χ2n) is 3.40. The highest BCUT2D eigenvalue weighted by molar-refractivity contribution is 5.84. The third kappa shape index (κ3) is 2.56. The van der Waals surface area contributed by atoms with Gasteiger partial charge in [-0.05, 0) is 19.1 Å². The van der Waals surface area contributed by atoms with Crippen LogP contribution in [0.3, 0.4) is 0 Å². The normalized spacial score (nSPS) is 10.5. The average molecular weight is 272 g/mol. The van der Waals surface area contributed by atoms with Crippen molar-refractivity contribution >= 4 is 5.97 Å². The smallest absolute Gasteiger partial charge is 0.397 e. The number of carbonyl (C=O) groups is 1. The van der Waals surface area contributed by atoms with Gasteiger partial charge in [0.15, 0.2) is 17.5 Å². The lowest BCUT2D eigenvalue weighted by molar-refractivity contribution is 0.0470. The Hall–Kier alpha value is -2.38. The molecule has 0 aliphatic rings. The van der Waals surface area contributed by atoms with E-state index in [1.54, 1.807) is 6.92 Å². The second-order valence-corrected chi connectivity index (χ2v) is 3.40. The monoisotopic (exact) mass is 272 g/mol. The molecule has 2 aromatic rings. The maximum atomic E-state index is 13.0. The Balaban J connectivity index is 2.35. The van der Waals surface area contributed by atoms with Gasteiger partial charge in [0.2, 0.25) is 5.82 Å². The maximum absolute atomic E-state index is 13.0. The summed E-state index contributed by atoms with van der Waals surface area (Å²) in [7, 11) is 0. The van der Waals surface area contributed by atoms with Gasteiger partial charge in [0.1, 0.15) is 0 Å². The summed E-state index contributed by atoms with van der Waals surface area (Å²) in [6.07, 6.45) is 0. The average Bonchev–Trinajstić information content (AvgIpc) is 2.85. The van der Waals surface area contributed by atoms with Crippen LogP contribution in [0.1, 0.15) is 17.6 Å². The molecular formula is C11H7F3N2O3. The number of carbonyl (C=O) groups excluding carboxylic acids is 1. The minimum atomic E-state index is -1.60. The number of nitrogens with zero attached hydrogens (tertiary/aromatic N) is 2. The first-order valence-electron chi connectivity index (χ1n) is 5.18. The highest BCUT2D eigenvalue weighted by Crippen LogP contribution is 2.21. The van der Waals surface area contributed by atoms with Crippen molar-refractivity contribution in [1.82, 2.24) is 10.1 Å². The Morgan fingerprint density at radius 1 is 1.32 bits per heavy atom. The third-order valence-electron chi connectivity index (χ3n) is 2.12. The van der Waals surface area contributed by atoms with E-state index in [-0.39, 0.29) is 18.0 Å². The van der Waals surface area contributed by atoms with Crippen LogP contribution >= 0.6 is 0 Å². The minimum absolute atomic E-state index is 0.107. The fourth-order valence-electron chi connectivity index (χ4n) is 1.30. The van der Waals surface area contributed by atoms with E-state index in [0.717, 1.165) is 0 Å². The van der Waals surface area contributed by atoms with E-state index < -0.39 is 29.3 Å². The Labute approximate surface area is 105 Å². The van der Waals surface area contributed by atoms with Crippen LogP contribution in [0.5, 0.6) is 0 Å². The zero-order valence-electron chi connectivity index (χ0n) is 9.61. The minimum Gasteiger partial charge on any atom is -0.459 e. The Kier molecular flexibility index (Phi) is 3.50. The molecule has 5 nitrogen and oxygen atoms in total. The van der Waals surface area contributed by atoms with Crippen LogP contribution in [0.25, 0.3) is 11.4 Å². The molecule has 0 fully saturated rings. The number of esters is 1. The van der Waals surface area contributed by atoms with Gasteiger partial charge in [0.25, 0.3) is 0 Å². The molecule has 0 spiro atoms. The summed E-state index contributed by atoms with van der Waals surface area (Å²) in [5.74, 6) is -5.94. The molecule has 0 bridgehead atoms. The van der Waals surface area contributed by atoms with Gasteiger partial charge >= 0.3 is 11.9 Å². The Morgan fingerprint density at radius 3 is 2.53 bits per heavy atom. The lowest BCUT2D eigenvalue weighted by atomic mass is 10.2. The van der Waals surface area contributed by atoms with Crippen molar-refractivity contribution in [3.05, 3.63) is 35.5 Å². The van der Waals surface area contributed by atoms with E-state index in [4.69, 9.17) is 0 Å². The molecule has 2 rings (SSSR count). The first-order valence-corrected chi connectivity index (χ1v) is 5.18. The van der Waals surface area contributed by atoms with E-state index >= 15 is 0 Å². The van der Waals surface area contributed by atoms with Gasteiger partial charge in [-0.3, -0.25) is 0 Å². The van der Waals surface area contributed by atoms with Crippen molar-refractivity contribution in [2.45, 2.75) is 6.92 Å². The van der Waals surface area contributed by atoms with E-state index in [0.29, 0.717) is 12.1 Å². The van der Waals surface area contributed by atoms with Crippen molar-refractivity contribution in [2.75, 3.05) is 6.61 Å². The lowest BCUT2D eigenvalue weighted by Gasteiger charge is -1.98. The molecule has 0 amide bonds. The van der Waals surface area contributed by atoms with Crippen LogP contribution in [0.4, 0.5) is 13.2 Å². The van der Waals surface area contributed by atoms with Crippen LogP contribution < -0.4 is 0 Å². The van der Waals surface area contributed by atoms with Crippen molar-refractivity contribution < 1.29 is 27.2 Å². The third-order valence-corrected chi connectivity index (χ3v) is 2.12. The second kappa shape index (κ2) is 5.09. The molecule has 1 heterocycles. The van der Waals surface area contributed by atoms with Crippen LogP contribution in [0.2, 0.25) is 0 Å². The molecular weight excluding hydrogens is 265 g/mol. The predicted molar refractivity (Wildman–Crippen MR) is 55.6 cm³/mol. The standard InChI is InChI=1S/C11H7F3N2O3/c1-2-18-11(17)10-15-9(16-19-10)5-3-6(12)8(14)7(13)4-5/h3-4H,2H2,1H3. The molecule has 0 saturated carbocycles. The molecule has 1 aromatic carbocycles. The molecule has 0 saturated heterocycles. The number of hydrogen-bond acceptors (Lipinski definition) is 5. The molecule has 0 unspecified atom stereocenters. The number of halogens is 3. The number of benzene rings is 1. The Morgan fingerprint density at radius 2 is 1.95 bits per heavy atom. The van der Waals surface area contributed by atoms with Gasteiger partial charge in [-0.25, -0.2) is 18.0 Å². The molecule has 19 heavy (non-hydrogen) atoms. The van der Waals surface area contributed by atoms with Gasteiger partial charge in [-0.15, -0.1) is 0 Å². The van der Waals surface area contributed by atoms with Crippen molar-refractivity contribution in [2.24, 2.45) is 0 Å². The Bertz CT molecular complexity index is 604. The zero-order valence-corrected chi connectivity index (χ0v) is 9.61. The summed E-state index contributed by atoms with van der Waals surface area (Å²) in [6.45, 7) is 1.69. The van der Waals surface area contributed by atoms with Crippen LogP contribution in [-0.4, -0.2) is 22.7 Å². The predicted octanol–water partition coefficient (Wildman–Crippen LogP) is 2.33. The highest BCUT2D eigenvalue weighted by atomic mass is 19.2. The van der Waals surface area contributed by atoms with Crippen LogP contribution in [0, 0.1) is 17.5 Å². The van der Waals surface area contributed by atoms with Gasteiger partial charge in [-0.2, -0.15) is 4.98 Å². The summed E-state index contributed by atoms with van der Waals surface area (Å²) in [6, 6.07) is 1.39. The van der Waals surface area contributed by atoms with E-state index in [1.165, 1.54) is 0 Å². The fraction of sp³-hybridized carbons (Fsp3) is 0.182. The molecule has 0 radical (unpaired) electrons. The summed E-state index contributed by atoms with van der Waals surface area (Å²) in [4.78, 5) is 14.9. The molecule has 0 atom stereocenters. The number of rotatable bonds is 3. The fourth-order valence-corrected chi connectivity index (χ4v) is 1.30. The van der Waals surface area contributed by atoms with E-state index in [1.807, 2.05) is 0 Å².